The van der Waals surface area contributed by atoms with Crippen LogP contribution in [0.5, 0.6) is 5.75 Å². The number of hydrogen-bond acceptors (Lipinski definition) is 3. The highest BCUT2D eigenvalue weighted by atomic mass is 16.6. The minimum atomic E-state index is 0.240. The first-order valence-corrected chi connectivity index (χ1v) is 6.41. The molecule has 1 atom stereocenters. The van der Waals surface area contributed by atoms with E-state index < -0.39 is 0 Å². The molecule has 0 spiro atoms. The van der Waals surface area contributed by atoms with Gasteiger partial charge in [-0.2, -0.15) is 0 Å². The SMILES string of the molecule is CCNC(CC)c1cccc(OC2COC2)c1. The predicted molar refractivity (Wildman–Crippen MR) is 68.4 cm³/mol. The van der Waals surface area contributed by atoms with Crippen LogP contribution in [0.4, 0.5) is 0 Å². The number of ether oxygens (including phenoxy) is 2. The Morgan fingerprint density at radius 2 is 2.24 bits per heavy atom. The summed E-state index contributed by atoms with van der Waals surface area (Å²) in [5, 5.41) is 3.48. The number of nitrogens with one attached hydrogen (secondary N) is 1. The fourth-order valence-corrected chi connectivity index (χ4v) is 2.02. The molecule has 1 aliphatic heterocycles. The van der Waals surface area contributed by atoms with Gasteiger partial charge in [-0.05, 0) is 30.7 Å². The molecule has 0 aliphatic carbocycles. The molecule has 1 saturated heterocycles. The fraction of sp³-hybridized carbons (Fsp3) is 0.571. The third-order valence-corrected chi connectivity index (χ3v) is 3.03. The second kappa shape index (κ2) is 6.03. The molecule has 2 rings (SSSR count). The first kappa shape index (κ1) is 12.4. The molecule has 94 valence electrons. The summed E-state index contributed by atoms with van der Waals surface area (Å²) in [6.45, 7) is 6.75. The van der Waals surface area contributed by atoms with Gasteiger partial charge in [-0.1, -0.05) is 26.0 Å². The normalized spacial score (nSPS) is 17.5. The molecule has 1 heterocycles. The molecular formula is C14H21NO2. The average Bonchev–Trinajstić information content (AvgIpc) is 2.31. The maximum absolute atomic E-state index is 5.81. The maximum Gasteiger partial charge on any atom is 0.145 e. The third-order valence-electron chi connectivity index (χ3n) is 3.03. The Hall–Kier alpha value is -1.06. The quantitative estimate of drug-likeness (QED) is 0.822. The molecule has 0 saturated carbocycles. The fourth-order valence-electron chi connectivity index (χ4n) is 2.02. The van der Waals surface area contributed by atoms with Crippen LogP contribution < -0.4 is 10.1 Å². The van der Waals surface area contributed by atoms with Crippen molar-refractivity contribution in [1.29, 1.82) is 0 Å². The van der Waals surface area contributed by atoms with Gasteiger partial charge in [-0.3, -0.25) is 0 Å². The van der Waals surface area contributed by atoms with Gasteiger partial charge in [0.1, 0.15) is 11.9 Å². The molecule has 3 nitrogen and oxygen atoms in total. The molecular weight excluding hydrogens is 214 g/mol. The van der Waals surface area contributed by atoms with Crippen molar-refractivity contribution >= 4 is 0 Å². The highest BCUT2D eigenvalue weighted by molar-refractivity contribution is 5.30. The van der Waals surface area contributed by atoms with Crippen molar-refractivity contribution in [3.05, 3.63) is 29.8 Å². The van der Waals surface area contributed by atoms with E-state index in [2.05, 4.69) is 37.4 Å². The molecule has 1 aromatic carbocycles. The Kier molecular flexibility index (Phi) is 4.40. The standard InChI is InChI=1S/C14H21NO2/c1-3-14(15-4-2)11-6-5-7-12(8-11)17-13-9-16-10-13/h5-8,13-15H,3-4,9-10H2,1-2H3. The first-order chi connectivity index (χ1) is 8.33. The van der Waals surface area contributed by atoms with Crippen molar-refractivity contribution in [2.24, 2.45) is 0 Å². The van der Waals surface area contributed by atoms with Crippen LogP contribution in [0.15, 0.2) is 24.3 Å². The van der Waals surface area contributed by atoms with Crippen LogP contribution in [0.3, 0.4) is 0 Å². The van der Waals surface area contributed by atoms with E-state index in [0.717, 1.165) is 18.7 Å². The second-order valence-corrected chi connectivity index (χ2v) is 4.37. The minimum absolute atomic E-state index is 0.240. The molecule has 17 heavy (non-hydrogen) atoms. The Labute approximate surface area is 103 Å². The van der Waals surface area contributed by atoms with E-state index in [9.17, 15) is 0 Å². The van der Waals surface area contributed by atoms with E-state index in [1.165, 1.54) is 5.56 Å². The van der Waals surface area contributed by atoms with Crippen molar-refractivity contribution in [2.75, 3.05) is 19.8 Å². The Morgan fingerprint density at radius 3 is 2.82 bits per heavy atom. The Balaban J connectivity index is 2.03. The third kappa shape index (κ3) is 3.20. The van der Waals surface area contributed by atoms with Crippen LogP contribution in [-0.2, 0) is 4.74 Å². The van der Waals surface area contributed by atoms with Crippen LogP contribution in [-0.4, -0.2) is 25.9 Å². The molecule has 3 heteroatoms. The van der Waals surface area contributed by atoms with E-state index in [4.69, 9.17) is 9.47 Å². The van der Waals surface area contributed by atoms with Crippen LogP contribution in [0.2, 0.25) is 0 Å². The summed E-state index contributed by atoms with van der Waals surface area (Å²) in [5.74, 6) is 0.951. The lowest BCUT2D eigenvalue weighted by atomic mass is 10.0. The number of benzene rings is 1. The summed E-state index contributed by atoms with van der Waals surface area (Å²) in [7, 11) is 0. The van der Waals surface area contributed by atoms with Gasteiger partial charge < -0.3 is 14.8 Å². The molecule has 0 radical (unpaired) electrons. The van der Waals surface area contributed by atoms with Gasteiger partial charge in [-0.25, -0.2) is 0 Å². The second-order valence-electron chi connectivity index (χ2n) is 4.37. The van der Waals surface area contributed by atoms with Crippen LogP contribution >= 0.6 is 0 Å². The number of rotatable bonds is 6. The zero-order chi connectivity index (χ0) is 12.1. The smallest absolute Gasteiger partial charge is 0.145 e. The van der Waals surface area contributed by atoms with Crippen molar-refractivity contribution in [3.8, 4) is 5.75 Å². The Bertz CT molecular complexity index is 350. The van der Waals surface area contributed by atoms with Crippen LogP contribution in [0, 0.1) is 0 Å². The highest BCUT2D eigenvalue weighted by Gasteiger charge is 2.20. The van der Waals surface area contributed by atoms with Gasteiger partial charge in [-0.15, -0.1) is 0 Å². The molecule has 1 fully saturated rings. The topological polar surface area (TPSA) is 30.5 Å². The van der Waals surface area contributed by atoms with Crippen LogP contribution in [0.1, 0.15) is 31.9 Å². The monoisotopic (exact) mass is 235 g/mol. The van der Waals surface area contributed by atoms with E-state index in [1.807, 2.05) is 6.07 Å². The predicted octanol–water partition coefficient (Wildman–Crippen LogP) is 2.52. The van der Waals surface area contributed by atoms with Crippen molar-refractivity contribution in [3.63, 3.8) is 0 Å². The lowest BCUT2D eigenvalue weighted by molar-refractivity contribution is -0.0797. The summed E-state index contributed by atoms with van der Waals surface area (Å²) in [4.78, 5) is 0. The zero-order valence-electron chi connectivity index (χ0n) is 10.6. The maximum atomic E-state index is 5.81. The van der Waals surface area contributed by atoms with Gasteiger partial charge in [0, 0.05) is 6.04 Å². The molecule has 1 aromatic rings. The summed E-state index contributed by atoms with van der Waals surface area (Å²) >= 11 is 0. The molecule has 1 unspecified atom stereocenters. The summed E-state index contributed by atoms with van der Waals surface area (Å²) in [6, 6.07) is 8.78. The molecule has 0 aromatic heterocycles. The van der Waals surface area contributed by atoms with Gasteiger partial charge in [0.15, 0.2) is 0 Å². The number of hydrogen-bond donors (Lipinski definition) is 1. The van der Waals surface area contributed by atoms with Gasteiger partial charge in [0.25, 0.3) is 0 Å². The molecule has 0 bridgehead atoms. The van der Waals surface area contributed by atoms with Crippen molar-refractivity contribution in [2.45, 2.75) is 32.4 Å². The van der Waals surface area contributed by atoms with E-state index >= 15 is 0 Å². The van der Waals surface area contributed by atoms with E-state index in [0.29, 0.717) is 19.3 Å². The summed E-state index contributed by atoms with van der Waals surface area (Å²) < 4.78 is 10.9. The van der Waals surface area contributed by atoms with E-state index in [-0.39, 0.29) is 6.10 Å². The van der Waals surface area contributed by atoms with Gasteiger partial charge >= 0.3 is 0 Å². The summed E-state index contributed by atoms with van der Waals surface area (Å²) in [6.07, 6.45) is 1.33. The first-order valence-electron chi connectivity index (χ1n) is 6.41. The van der Waals surface area contributed by atoms with Gasteiger partial charge in [0.2, 0.25) is 0 Å². The van der Waals surface area contributed by atoms with Crippen molar-refractivity contribution < 1.29 is 9.47 Å². The molecule has 1 N–H and O–H groups in total. The Morgan fingerprint density at radius 1 is 1.41 bits per heavy atom. The molecule has 1 aliphatic rings. The average molecular weight is 235 g/mol. The van der Waals surface area contributed by atoms with Crippen molar-refractivity contribution in [1.82, 2.24) is 5.32 Å². The lowest BCUT2D eigenvalue weighted by Gasteiger charge is -2.27. The molecule has 0 amide bonds. The van der Waals surface area contributed by atoms with E-state index in [1.54, 1.807) is 0 Å². The van der Waals surface area contributed by atoms with Gasteiger partial charge in [0.05, 0.1) is 13.2 Å². The highest BCUT2D eigenvalue weighted by Crippen LogP contribution is 2.23. The summed E-state index contributed by atoms with van der Waals surface area (Å²) in [5.41, 5.74) is 1.30. The minimum Gasteiger partial charge on any atom is -0.486 e. The van der Waals surface area contributed by atoms with Crippen LogP contribution in [0.25, 0.3) is 0 Å². The lowest BCUT2D eigenvalue weighted by Crippen LogP contribution is -2.38. The largest absolute Gasteiger partial charge is 0.486 e. The zero-order valence-corrected chi connectivity index (χ0v) is 10.6.